The number of aromatic nitrogens is 1. The molecular weight excluding hydrogens is 208 g/mol. The molecule has 0 aliphatic carbocycles. The van der Waals surface area contributed by atoms with Crippen LogP contribution in [0.5, 0.6) is 5.19 Å². The first-order chi connectivity index (χ1) is 6.59. The van der Waals surface area contributed by atoms with E-state index < -0.39 is 12.2 Å². The van der Waals surface area contributed by atoms with Crippen LogP contribution in [-0.4, -0.2) is 34.0 Å². The van der Waals surface area contributed by atoms with Crippen LogP contribution in [0.4, 0.5) is 0 Å². The molecule has 1 heterocycles. The maximum Gasteiger partial charge on any atom is 0.273 e. The van der Waals surface area contributed by atoms with E-state index in [0.29, 0.717) is 10.1 Å². The van der Waals surface area contributed by atoms with Crippen LogP contribution in [0.15, 0.2) is 6.20 Å². The van der Waals surface area contributed by atoms with E-state index in [0.717, 1.165) is 11.3 Å². The molecule has 78 valence electrons. The molecule has 14 heavy (non-hydrogen) atoms. The fourth-order valence-corrected chi connectivity index (χ4v) is 1.33. The number of aliphatic hydroxyl groups is 2. The standard InChI is InChI=1S/C7H10N2O4S/c8-6(12)4-3-9-7(14-4)13-2-1-5(10)11/h3,5,10-11H,1-2H2,(H2,8,12). The second-order valence-electron chi connectivity index (χ2n) is 2.47. The van der Waals surface area contributed by atoms with Gasteiger partial charge in [-0.25, -0.2) is 4.98 Å². The number of hydrogen-bond donors (Lipinski definition) is 3. The van der Waals surface area contributed by atoms with Crippen molar-refractivity contribution >= 4 is 17.2 Å². The first-order valence-electron chi connectivity index (χ1n) is 3.84. The molecule has 1 aromatic heterocycles. The van der Waals surface area contributed by atoms with Gasteiger partial charge in [-0.15, -0.1) is 0 Å². The van der Waals surface area contributed by atoms with Gasteiger partial charge in [-0.2, -0.15) is 0 Å². The van der Waals surface area contributed by atoms with E-state index in [2.05, 4.69) is 4.98 Å². The molecule has 1 amide bonds. The quantitative estimate of drug-likeness (QED) is 0.568. The topological polar surface area (TPSA) is 106 Å². The first kappa shape index (κ1) is 10.9. The lowest BCUT2D eigenvalue weighted by Gasteiger charge is -2.02. The molecule has 0 bridgehead atoms. The zero-order valence-electron chi connectivity index (χ0n) is 7.21. The van der Waals surface area contributed by atoms with Gasteiger partial charge in [0.1, 0.15) is 4.88 Å². The van der Waals surface area contributed by atoms with E-state index in [-0.39, 0.29) is 13.0 Å². The van der Waals surface area contributed by atoms with Crippen molar-refractivity contribution in [1.29, 1.82) is 0 Å². The van der Waals surface area contributed by atoms with Crippen molar-refractivity contribution in [1.82, 2.24) is 4.98 Å². The summed E-state index contributed by atoms with van der Waals surface area (Å²) >= 11 is 1.02. The lowest BCUT2D eigenvalue weighted by atomic mass is 10.4. The summed E-state index contributed by atoms with van der Waals surface area (Å²) in [7, 11) is 0. The Morgan fingerprint density at radius 2 is 2.43 bits per heavy atom. The summed E-state index contributed by atoms with van der Waals surface area (Å²) < 4.78 is 5.03. The maximum atomic E-state index is 10.7. The molecule has 0 aliphatic rings. The third kappa shape index (κ3) is 3.29. The van der Waals surface area contributed by atoms with Crippen molar-refractivity contribution in [3.8, 4) is 5.19 Å². The molecule has 1 rings (SSSR count). The van der Waals surface area contributed by atoms with E-state index in [1.54, 1.807) is 0 Å². The fraction of sp³-hybridized carbons (Fsp3) is 0.429. The third-order valence-corrected chi connectivity index (χ3v) is 2.25. The average Bonchev–Trinajstić information content (AvgIpc) is 2.52. The van der Waals surface area contributed by atoms with E-state index in [1.807, 2.05) is 0 Å². The molecule has 4 N–H and O–H groups in total. The molecule has 0 spiro atoms. The van der Waals surface area contributed by atoms with Gasteiger partial charge in [-0.1, -0.05) is 11.3 Å². The number of carbonyl (C=O) groups is 1. The molecule has 0 unspecified atom stereocenters. The Kier molecular flexibility index (Phi) is 3.81. The van der Waals surface area contributed by atoms with Gasteiger partial charge in [0.15, 0.2) is 6.29 Å². The highest BCUT2D eigenvalue weighted by atomic mass is 32.1. The molecule has 1 aromatic rings. The van der Waals surface area contributed by atoms with Crippen molar-refractivity contribution in [3.63, 3.8) is 0 Å². The zero-order valence-corrected chi connectivity index (χ0v) is 8.03. The highest BCUT2D eigenvalue weighted by Crippen LogP contribution is 2.19. The average molecular weight is 218 g/mol. The Labute approximate surface area is 84.0 Å². The van der Waals surface area contributed by atoms with Crippen LogP contribution in [0, 0.1) is 0 Å². The lowest BCUT2D eigenvalue weighted by molar-refractivity contribution is -0.0519. The number of ether oxygens (including phenoxy) is 1. The molecule has 0 radical (unpaired) electrons. The number of nitrogens with two attached hydrogens (primary N) is 1. The van der Waals surface area contributed by atoms with Gasteiger partial charge >= 0.3 is 0 Å². The minimum absolute atomic E-state index is 0.0888. The van der Waals surface area contributed by atoms with Crippen LogP contribution >= 0.6 is 11.3 Å². The Morgan fingerprint density at radius 3 is 2.93 bits per heavy atom. The van der Waals surface area contributed by atoms with E-state index in [9.17, 15) is 4.79 Å². The summed E-state index contributed by atoms with van der Waals surface area (Å²) in [5, 5.41) is 17.3. The van der Waals surface area contributed by atoms with E-state index in [4.69, 9.17) is 20.7 Å². The summed E-state index contributed by atoms with van der Waals surface area (Å²) in [5.74, 6) is -0.556. The van der Waals surface area contributed by atoms with Gasteiger partial charge in [0.25, 0.3) is 11.1 Å². The number of thiazole rings is 1. The van der Waals surface area contributed by atoms with Crippen LogP contribution in [0.1, 0.15) is 16.1 Å². The van der Waals surface area contributed by atoms with Gasteiger partial charge in [0.05, 0.1) is 12.8 Å². The van der Waals surface area contributed by atoms with Gasteiger partial charge < -0.3 is 20.7 Å². The van der Waals surface area contributed by atoms with Crippen LogP contribution in [0.2, 0.25) is 0 Å². The Bertz CT molecular complexity index is 312. The smallest absolute Gasteiger partial charge is 0.273 e. The molecular formula is C7H10N2O4S. The third-order valence-electron chi connectivity index (χ3n) is 1.33. The number of primary amides is 1. The number of amides is 1. The molecule has 0 atom stereocenters. The van der Waals surface area contributed by atoms with Gasteiger partial charge in [0, 0.05) is 6.42 Å². The number of carbonyl (C=O) groups excluding carboxylic acids is 1. The van der Waals surface area contributed by atoms with Crippen LogP contribution in [0.3, 0.4) is 0 Å². The van der Waals surface area contributed by atoms with Crippen molar-refractivity contribution in [2.45, 2.75) is 12.7 Å². The Balaban J connectivity index is 2.40. The molecule has 0 aromatic carbocycles. The molecule has 0 fully saturated rings. The Morgan fingerprint density at radius 1 is 1.71 bits per heavy atom. The van der Waals surface area contributed by atoms with Gasteiger partial charge in [0.2, 0.25) is 0 Å². The molecule has 6 nitrogen and oxygen atoms in total. The number of hydrogen-bond acceptors (Lipinski definition) is 6. The second kappa shape index (κ2) is 4.89. The van der Waals surface area contributed by atoms with E-state index >= 15 is 0 Å². The van der Waals surface area contributed by atoms with Crippen LogP contribution in [0.25, 0.3) is 0 Å². The van der Waals surface area contributed by atoms with Crippen LogP contribution in [-0.2, 0) is 0 Å². The van der Waals surface area contributed by atoms with Crippen molar-refractivity contribution in [2.24, 2.45) is 5.73 Å². The van der Waals surface area contributed by atoms with Gasteiger partial charge in [-0.3, -0.25) is 4.79 Å². The molecule has 0 saturated carbocycles. The number of nitrogens with zero attached hydrogens (tertiary/aromatic N) is 1. The molecule has 0 aliphatic heterocycles. The van der Waals surface area contributed by atoms with Crippen molar-refractivity contribution in [3.05, 3.63) is 11.1 Å². The zero-order chi connectivity index (χ0) is 10.6. The monoisotopic (exact) mass is 218 g/mol. The summed E-state index contributed by atoms with van der Waals surface area (Å²) in [4.78, 5) is 14.7. The lowest BCUT2D eigenvalue weighted by Crippen LogP contribution is -2.10. The minimum Gasteiger partial charge on any atom is -0.470 e. The summed E-state index contributed by atoms with van der Waals surface area (Å²) in [6.07, 6.45) is 0.00833. The minimum atomic E-state index is -1.40. The summed E-state index contributed by atoms with van der Waals surface area (Å²) in [5.41, 5.74) is 5.00. The van der Waals surface area contributed by atoms with Crippen molar-refractivity contribution < 1.29 is 19.7 Å². The maximum absolute atomic E-state index is 10.7. The highest BCUT2D eigenvalue weighted by molar-refractivity contribution is 7.15. The largest absolute Gasteiger partial charge is 0.470 e. The van der Waals surface area contributed by atoms with E-state index in [1.165, 1.54) is 6.20 Å². The number of aliphatic hydroxyl groups excluding tert-OH is 1. The predicted molar refractivity (Wildman–Crippen MR) is 49.0 cm³/mol. The summed E-state index contributed by atoms with van der Waals surface area (Å²) in [6.45, 7) is 0.128. The SMILES string of the molecule is NC(=O)c1cnc(OCCC(O)O)s1. The highest BCUT2D eigenvalue weighted by Gasteiger charge is 2.07. The Hall–Kier alpha value is -1.18. The fourth-order valence-electron chi connectivity index (χ4n) is 0.690. The van der Waals surface area contributed by atoms with Crippen molar-refractivity contribution in [2.75, 3.05) is 6.61 Å². The molecule has 7 heteroatoms. The summed E-state index contributed by atoms with van der Waals surface area (Å²) in [6, 6.07) is 0. The number of rotatable bonds is 5. The normalized spacial score (nSPS) is 10.5. The first-order valence-corrected chi connectivity index (χ1v) is 4.66. The predicted octanol–water partition coefficient (Wildman–Crippen LogP) is -0.678. The second-order valence-corrected chi connectivity index (χ2v) is 3.47. The van der Waals surface area contributed by atoms with Gasteiger partial charge in [-0.05, 0) is 0 Å². The van der Waals surface area contributed by atoms with Crippen LogP contribution < -0.4 is 10.5 Å². The molecule has 0 saturated heterocycles.